The van der Waals surface area contributed by atoms with Gasteiger partial charge in [-0.1, -0.05) is 5.16 Å². The van der Waals surface area contributed by atoms with Gasteiger partial charge in [-0.25, -0.2) is 0 Å². The van der Waals surface area contributed by atoms with Crippen molar-refractivity contribution in [2.24, 2.45) is 16.8 Å². The Morgan fingerprint density at radius 3 is 2.89 bits per heavy atom. The zero-order chi connectivity index (χ0) is 12.8. The highest BCUT2D eigenvalue weighted by molar-refractivity contribution is 5.79. The first-order valence-electron chi connectivity index (χ1n) is 7.20. The Bertz CT molecular complexity index is 278. The van der Waals surface area contributed by atoms with Gasteiger partial charge in [0.25, 0.3) is 0 Å². The molecule has 1 saturated carbocycles. The predicted octanol–water partition coefficient (Wildman–Crippen LogP) is 0.977. The second kappa shape index (κ2) is 6.95. The van der Waals surface area contributed by atoms with Crippen LogP contribution in [0.25, 0.3) is 0 Å². The summed E-state index contributed by atoms with van der Waals surface area (Å²) in [5.74, 6) is 1.18. The molecule has 0 spiro atoms. The Hall–Kier alpha value is -0.810. The number of oxime groups is 1. The summed E-state index contributed by atoms with van der Waals surface area (Å²) in [5, 5.41) is 14.9. The molecule has 0 amide bonds. The minimum absolute atomic E-state index is 0.339. The van der Waals surface area contributed by atoms with Crippen molar-refractivity contribution in [3.05, 3.63) is 0 Å². The van der Waals surface area contributed by atoms with Crippen molar-refractivity contribution < 1.29 is 5.21 Å². The predicted molar refractivity (Wildman–Crippen MR) is 72.8 cm³/mol. The molecule has 0 radical (unpaired) electrons. The van der Waals surface area contributed by atoms with E-state index in [-0.39, 0.29) is 0 Å². The van der Waals surface area contributed by atoms with Crippen molar-refractivity contribution in [1.82, 2.24) is 10.2 Å². The molecule has 2 rings (SSSR count). The first kappa shape index (κ1) is 13.6. The van der Waals surface area contributed by atoms with Crippen LogP contribution >= 0.6 is 0 Å². The zero-order valence-electron chi connectivity index (χ0n) is 11.1. The van der Waals surface area contributed by atoms with E-state index in [0.717, 1.165) is 37.9 Å². The number of amidine groups is 1. The molecule has 2 fully saturated rings. The highest BCUT2D eigenvalue weighted by atomic mass is 16.4. The van der Waals surface area contributed by atoms with Crippen molar-refractivity contribution in [1.29, 1.82) is 0 Å². The lowest BCUT2D eigenvalue weighted by Gasteiger charge is -2.15. The molecule has 104 valence electrons. The normalized spacial score (nSPS) is 25.8. The Balaban J connectivity index is 1.44. The van der Waals surface area contributed by atoms with Crippen LogP contribution in [0.2, 0.25) is 0 Å². The quantitative estimate of drug-likeness (QED) is 0.198. The zero-order valence-corrected chi connectivity index (χ0v) is 11.1. The molecule has 1 unspecified atom stereocenters. The van der Waals surface area contributed by atoms with Gasteiger partial charge in [-0.2, -0.15) is 0 Å². The van der Waals surface area contributed by atoms with Crippen LogP contribution in [0.15, 0.2) is 5.16 Å². The first-order valence-corrected chi connectivity index (χ1v) is 7.20. The summed E-state index contributed by atoms with van der Waals surface area (Å²) in [6.07, 6.45) is 6.98. The molecule has 2 aliphatic rings. The van der Waals surface area contributed by atoms with E-state index in [2.05, 4.69) is 15.4 Å². The maximum absolute atomic E-state index is 8.40. The molecule has 1 heterocycles. The number of hydrogen-bond acceptors (Lipinski definition) is 4. The molecule has 5 nitrogen and oxygen atoms in total. The topological polar surface area (TPSA) is 73.9 Å². The number of nitrogens with one attached hydrogen (secondary N) is 1. The van der Waals surface area contributed by atoms with Crippen LogP contribution in [0.1, 0.15) is 38.5 Å². The van der Waals surface area contributed by atoms with Crippen molar-refractivity contribution >= 4 is 5.84 Å². The van der Waals surface area contributed by atoms with Gasteiger partial charge in [0.1, 0.15) is 5.84 Å². The number of unbranched alkanes of at least 4 members (excludes halogenated alkanes) is 1. The summed E-state index contributed by atoms with van der Waals surface area (Å²) in [4.78, 5) is 2.66. The van der Waals surface area contributed by atoms with Gasteiger partial charge in [0.05, 0.1) is 0 Å². The van der Waals surface area contributed by atoms with Gasteiger partial charge in [0.2, 0.25) is 0 Å². The van der Waals surface area contributed by atoms with E-state index in [1.54, 1.807) is 0 Å². The Kier molecular flexibility index (Phi) is 5.26. The van der Waals surface area contributed by atoms with Crippen molar-refractivity contribution in [2.75, 3.05) is 26.2 Å². The van der Waals surface area contributed by atoms with E-state index >= 15 is 0 Å². The fourth-order valence-electron chi connectivity index (χ4n) is 2.71. The van der Waals surface area contributed by atoms with Crippen molar-refractivity contribution in [2.45, 2.75) is 44.6 Å². The molecule has 18 heavy (non-hydrogen) atoms. The number of nitrogens with two attached hydrogens (primary N) is 1. The van der Waals surface area contributed by atoms with E-state index in [0.29, 0.717) is 12.3 Å². The number of rotatable bonds is 8. The second-order valence-corrected chi connectivity index (χ2v) is 5.63. The van der Waals surface area contributed by atoms with Crippen LogP contribution in [0.4, 0.5) is 0 Å². The monoisotopic (exact) mass is 254 g/mol. The molecule has 1 aliphatic heterocycles. The third kappa shape index (κ3) is 4.46. The summed E-state index contributed by atoms with van der Waals surface area (Å²) < 4.78 is 0. The summed E-state index contributed by atoms with van der Waals surface area (Å²) in [5.41, 5.74) is 5.41. The van der Waals surface area contributed by atoms with Crippen LogP contribution in [-0.4, -0.2) is 48.2 Å². The van der Waals surface area contributed by atoms with Crippen molar-refractivity contribution in [3.8, 4) is 0 Å². The fraction of sp³-hybridized carbons (Fsp3) is 0.923. The molecule has 1 atom stereocenters. The first-order chi connectivity index (χ1) is 8.79. The van der Waals surface area contributed by atoms with Crippen molar-refractivity contribution in [3.63, 3.8) is 0 Å². The van der Waals surface area contributed by atoms with E-state index in [1.807, 2.05) is 0 Å². The van der Waals surface area contributed by atoms with Gasteiger partial charge in [0.15, 0.2) is 0 Å². The van der Waals surface area contributed by atoms with Crippen LogP contribution in [0.3, 0.4) is 0 Å². The highest BCUT2D eigenvalue weighted by Gasteiger charge is 2.33. The third-order valence-electron chi connectivity index (χ3n) is 3.98. The summed E-state index contributed by atoms with van der Waals surface area (Å²) >= 11 is 0. The van der Waals surface area contributed by atoms with Crippen LogP contribution in [0.5, 0.6) is 0 Å². The molecular formula is C13H26N4O. The molecule has 1 aliphatic carbocycles. The van der Waals surface area contributed by atoms with Gasteiger partial charge >= 0.3 is 0 Å². The van der Waals surface area contributed by atoms with Gasteiger partial charge < -0.3 is 21.2 Å². The molecule has 0 aromatic carbocycles. The molecule has 0 bridgehead atoms. The smallest absolute Gasteiger partial charge is 0.139 e. The minimum atomic E-state index is 0.339. The van der Waals surface area contributed by atoms with E-state index in [9.17, 15) is 0 Å². The maximum atomic E-state index is 8.40. The summed E-state index contributed by atoms with van der Waals surface area (Å²) in [6, 6.07) is 0.927. The van der Waals surface area contributed by atoms with Gasteiger partial charge in [-0.15, -0.1) is 0 Å². The molecule has 1 saturated heterocycles. The van der Waals surface area contributed by atoms with Crippen LogP contribution in [-0.2, 0) is 0 Å². The van der Waals surface area contributed by atoms with Gasteiger partial charge in [-0.05, 0) is 57.7 Å². The Labute approximate surface area is 109 Å². The molecular weight excluding hydrogens is 228 g/mol. The number of hydrogen-bond donors (Lipinski definition) is 3. The standard InChI is InChI=1S/C13H26N4O/c14-13(16-18)3-1-2-7-15-9-11-6-8-17(10-11)12-4-5-12/h11-12,15,18H,1-10H2,(H2,14,16). The lowest BCUT2D eigenvalue weighted by atomic mass is 10.1. The highest BCUT2D eigenvalue weighted by Crippen LogP contribution is 2.31. The lowest BCUT2D eigenvalue weighted by Crippen LogP contribution is -2.28. The summed E-state index contributed by atoms with van der Waals surface area (Å²) in [7, 11) is 0. The van der Waals surface area contributed by atoms with E-state index in [1.165, 1.54) is 32.4 Å². The van der Waals surface area contributed by atoms with E-state index in [4.69, 9.17) is 10.9 Å². The average molecular weight is 254 g/mol. The van der Waals surface area contributed by atoms with E-state index < -0.39 is 0 Å². The molecule has 0 aromatic rings. The third-order valence-corrected chi connectivity index (χ3v) is 3.98. The largest absolute Gasteiger partial charge is 0.409 e. The minimum Gasteiger partial charge on any atom is -0.409 e. The van der Waals surface area contributed by atoms with Crippen LogP contribution in [0, 0.1) is 5.92 Å². The Morgan fingerprint density at radius 1 is 1.33 bits per heavy atom. The van der Waals surface area contributed by atoms with Gasteiger partial charge in [-0.3, -0.25) is 0 Å². The lowest BCUT2D eigenvalue weighted by molar-refractivity contribution is 0.311. The molecule has 0 aromatic heterocycles. The average Bonchev–Trinajstić information content (AvgIpc) is 3.13. The van der Waals surface area contributed by atoms with Gasteiger partial charge in [0, 0.05) is 19.0 Å². The fourth-order valence-corrected chi connectivity index (χ4v) is 2.71. The summed E-state index contributed by atoms with van der Waals surface area (Å²) in [6.45, 7) is 4.79. The molecule has 5 heteroatoms. The Morgan fingerprint density at radius 2 is 2.17 bits per heavy atom. The maximum Gasteiger partial charge on any atom is 0.139 e. The molecule has 4 N–H and O–H groups in total. The number of likely N-dealkylation sites (tertiary alicyclic amines) is 1. The number of nitrogens with zero attached hydrogens (tertiary/aromatic N) is 2. The second-order valence-electron chi connectivity index (χ2n) is 5.63. The SMILES string of the molecule is NC(CCCCNCC1CCN(C2CC2)C1)=NO. The van der Waals surface area contributed by atoms with Crippen LogP contribution < -0.4 is 11.1 Å².